The maximum absolute atomic E-state index is 12.7. The van der Waals surface area contributed by atoms with Crippen molar-refractivity contribution in [1.29, 1.82) is 0 Å². The molecule has 7 nitrogen and oxygen atoms in total. The number of carbonyl (C=O) groups is 2. The largest absolute Gasteiger partial charge is 0.496 e. The normalized spacial score (nSPS) is 14.7. The van der Waals surface area contributed by atoms with E-state index in [2.05, 4.69) is 27.8 Å². The third kappa shape index (κ3) is 4.77. The van der Waals surface area contributed by atoms with E-state index in [-0.39, 0.29) is 5.54 Å². The molecule has 1 fully saturated rings. The summed E-state index contributed by atoms with van der Waals surface area (Å²) >= 11 is 0. The highest BCUT2D eigenvalue weighted by Gasteiger charge is 2.36. The summed E-state index contributed by atoms with van der Waals surface area (Å²) in [5, 5.41) is 5.68. The van der Waals surface area contributed by atoms with Gasteiger partial charge in [-0.05, 0) is 37.0 Å². The van der Waals surface area contributed by atoms with Crippen molar-refractivity contribution in [2.24, 2.45) is 0 Å². The van der Waals surface area contributed by atoms with Crippen LogP contribution in [0.1, 0.15) is 31.2 Å². The average Bonchev–Trinajstić information content (AvgIpc) is 3.47. The molecule has 1 aliphatic rings. The summed E-state index contributed by atoms with van der Waals surface area (Å²) in [6.07, 6.45) is 7.43. The van der Waals surface area contributed by atoms with Crippen LogP contribution < -0.4 is 15.4 Å². The summed E-state index contributed by atoms with van der Waals surface area (Å²) in [7, 11) is 1.53. The molecule has 0 saturated heterocycles. The van der Waals surface area contributed by atoms with Gasteiger partial charge in [0.15, 0.2) is 12.2 Å². The van der Waals surface area contributed by atoms with Crippen LogP contribution in [0.3, 0.4) is 0 Å². The van der Waals surface area contributed by atoms with E-state index in [1.165, 1.54) is 13.5 Å². The molecule has 0 radical (unpaired) electrons. The molecule has 0 bridgehead atoms. The zero-order valence-corrected chi connectivity index (χ0v) is 17.4. The van der Waals surface area contributed by atoms with E-state index in [0.29, 0.717) is 29.2 Å². The molecule has 1 saturated carbocycles. The van der Waals surface area contributed by atoms with Crippen LogP contribution in [0.4, 0.5) is 5.69 Å². The lowest BCUT2D eigenvalue weighted by Crippen LogP contribution is -2.51. The molecule has 4 rings (SSSR count). The van der Waals surface area contributed by atoms with Crippen molar-refractivity contribution in [2.45, 2.75) is 37.6 Å². The van der Waals surface area contributed by atoms with E-state index in [0.717, 1.165) is 31.2 Å². The third-order valence-corrected chi connectivity index (χ3v) is 5.69. The van der Waals surface area contributed by atoms with E-state index in [4.69, 9.17) is 9.15 Å². The highest BCUT2D eigenvalue weighted by Crippen LogP contribution is 2.34. The first-order valence-corrected chi connectivity index (χ1v) is 10.3. The zero-order chi connectivity index (χ0) is 21.7. The number of methoxy groups -OCH3 is 1. The van der Waals surface area contributed by atoms with Gasteiger partial charge in [0.2, 0.25) is 0 Å². The summed E-state index contributed by atoms with van der Waals surface area (Å²) in [6.45, 7) is 0. The van der Waals surface area contributed by atoms with E-state index in [1.54, 1.807) is 24.4 Å². The fourth-order valence-corrected chi connectivity index (χ4v) is 4.19. The molecule has 0 aliphatic heterocycles. The van der Waals surface area contributed by atoms with Gasteiger partial charge in [-0.1, -0.05) is 43.2 Å². The van der Waals surface area contributed by atoms with Crippen LogP contribution in [0.25, 0.3) is 11.3 Å². The van der Waals surface area contributed by atoms with Gasteiger partial charge in [-0.15, -0.1) is 0 Å². The number of anilines is 1. The number of hydrogen-bond acceptors (Lipinski definition) is 5. The molecule has 7 heteroatoms. The summed E-state index contributed by atoms with van der Waals surface area (Å²) < 4.78 is 10.7. The number of ether oxygens (including phenoxy) is 1. The molecule has 1 aliphatic carbocycles. The quantitative estimate of drug-likeness (QED) is 0.590. The van der Waals surface area contributed by atoms with Crippen LogP contribution in [-0.4, -0.2) is 29.4 Å². The molecule has 0 spiro atoms. The predicted molar refractivity (Wildman–Crippen MR) is 117 cm³/mol. The van der Waals surface area contributed by atoms with Gasteiger partial charge in [0.1, 0.15) is 5.75 Å². The number of rotatable bonds is 6. The molecule has 2 amide bonds. The Labute approximate surface area is 180 Å². The maximum Gasteiger partial charge on any atom is 0.313 e. The molecular weight excluding hydrogens is 394 g/mol. The number of aromatic nitrogens is 1. The van der Waals surface area contributed by atoms with Gasteiger partial charge in [0, 0.05) is 17.3 Å². The van der Waals surface area contributed by atoms with Gasteiger partial charge in [-0.25, -0.2) is 4.98 Å². The van der Waals surface area contributed by atoms with E-state index < -0.39 is 11.8 Å². The van der Waals surface area contributed by atoms with Crippen molar-refractivity contribution in [3.05, 3.63) is 66.7 Å². The number of nitrogens with one attached hydrogen (secondary N) is 2. The predicted octanol–water partition coefficient (Wildman–Crippen LogP) is 3.96. The molecule has 160 valence electrons. The summed E-state index contributed by atoms with van der Waals surface area (Å²) in [5.41, 5.74) is 1.93. The Bertz CT molecular complexity index is 1040. The van der Waals surface area contributed by atoms with Crippen LogP contribution in [0.2, 0.25) is 0 Å². The molecule has 3 aromatic rings. The minimum Gasteiger partial charge on any atom is -0.496 e. The first kappa shape index (κ1) is 20.7. The van der Waals surface area contributed by atoms with Gasteiger partial charge in [0.25, 0.3) is 0 Å². The first-order chi connectivity index (χ1) is 15.1. The van der Waals surface area contributed by atoms with Crippen LogP contribution in [0, 0.1) is 0 Å². The standard InChI is InChI=1S/C24H25N3O4/c1-30-20-13-18(9-10-19(20)21-15-25-16-31-21)26-22(28)23(29)27-24(11-5-6-12-24)14-17-7-3-2-4-8-17/h2-4,7-10,13,15-16H,5-6,11-12,14H2,1H3,(H,26,28)(H,27,29). The van der Waals surface area contributed by atoms with Gasteiger partial charge >= 0.3 is 11.8 Å². The Hall–Kier alpha value is -3.61. The molecular formula is C24H25N3O4. The summed E-state index contributed by atoms with van der Waals surface area (Å²) in [6, 6.07) is 15.1. The fourth-order valence-electron chi connectivity index (χ4n) is 4.19. The highest BCUT2D eigenvalue weighted by atomic mass is 16.5. The van der Waals surface area contributed by atoms with Crippen LogP contribution in [0.15, 0.2) is 65.5 Å². The SMILES string of the molecule is COc1cc(NC(=O)C(=O)NC2(Cc3ccccc3)CCCC2)ccc1-c1cnco1. The zero-order valence-electron chi connectivity index (χ0n) is 17.4. The maximum atomic E-state index is 12.7. The smallest absolute Gasteiger partial charge is 0.313 e. The van der Waals surface area contributed by atoms with Crippen LogP contribution in [-0.2, 0) is 16.0 Å². The summed E-state index contributed by atoms with van der Waals surface area (Å²) in [4.78, 5) is 29.3. The number of oxazole rings is 1. The second-order valence-corrected chi connectivity index (χ2v) is 7.84. The first-order valence-electron chi connectivity index (χ1n) is 10.3. The Kier molecular flexibility index (Phi) is 6.02. The molecule has 0 unspecified atom stereocenters. The lowest BCUT2D eigenvalue weighted by molar-refractivity contribution is -0.137. The highest BCUT2D eigenvalue weighted by molar-refractivity contribution is 6.39. The third-order valence-electron chi connectivity index (χ3n) is 5.69. The van der Waals surface area contributed by atoms with Crippen molar-refractivity contribution < 1.29 is 18.7 Å². The Morgan fingerprint density at radius 2 is 1.87 bits per heavy atom. The second kappa shape index (κ2) is 9.04. The van der Waals surface area contributed by atoms with E-state index in [1.807, 2.05) is 18.2 Å². The van der Waals surface area contributed by atoms with E-state index in [9.17, 15) is 9.59 Å². The lowest BCUT2D eigenvalue weighted by Gasteiger charge is -2.30. The van der Waals surface area contributed by atoms with Gasteiger partial charge in [0.05, 0.1) is 18.9 Å². The van der Waals surface area contributed by atoms with Gasteiger partial charge in [-0.3, -0.25) is 9.59 Å². The molecule has 2 aromatic carbocycles. The minimum absolute atomic E-state index is 0.385. The molecule has 2 N–H and O–H groups in total. The van der Waals surface area contributed by atoms with Crippen LogP contribution >= 0.6 is 0 Å². The van der Waals surface area contributed by atoms with Crippen molar-refractivity contribution in [1.82, 2.24) is 10.3 Å². The Balaban J connectivity index is 1.45. The lowest BCUT2D eigenvalue weighted by atomic mass is 9.89. The Morgan fingerprint density at radius 1 is 1.10 bits per heavy atom. The number of amides is 2. The monoisotopic (exact) mass is 419 g/mol. The average molecular weight is 419 g/mol. The summed E-state index contributed by atoms with van der Waals surface area (Å²) in [5.74, 6) is -0.271. The van der Waals surface area contributed by atoms with E-state index >= 15 is 0 Å². The number of benzene rings is 2. The molecule has 1 heterocycles. The second-order valence-electron chi connectivity index (χ2n) is 7.84. The van der Waals surface area contributed by atoms with Crippen LogP contribution in [0.5, 0.6) is 5.75 Å². The van der Waals surface area contributed by atoms with Crippen molar-refractivity contribution in [3.63, 3.8) is 0 Å². The molecule has 31 heavy (non-hydrogen) atoms. The number of nitrogens with zero attached hydrogens (tertiary/aromatic N) is 1. The Morgan fingerprint density at radius 3 is 2.55 bits per heavy atom. The number of hydrogen-bond donors (Lipinski definition) is 2. The van der Waals surface area contributed by atoms with Crippen molar-refractivity contribution in [2.75, 3.05) is 12.4 Å². The van der Waals surface area contributed by atoms with Crippen molar-refractivity contribution >= 4 is 17.5 Å². The molecule has 1 aromatic heterocycles. The minimum atomic E-state index is -0.700. The van der Waals surface area contributed by atoms with Crippen molar-refractivity contribution in [3.8, 4) is 17.1 Å². The topological polar surface area (TPSA) is 93.5 Å². The number of carbonyl (C=O) groups excluding carboxylic acids is 2. The molecule has 0 atom stereocenters. The van der Waals surface area contributed by atoms with Gasteiger partial charge in [-0.2, -0.15) is 0 Å². The fraction of sp³-hybridized carbons (Fsp3) is 0.292. The van der Waals surface area contributed by atoms with Gasteiger partial charge < -0.3 is 19.8 Å².